The Balaban J connectivity index is 1.86. The summed E-state index contributed by atoms with van der Waals surface area (Å²) in [5, 5.41) is 16.2. The summed E-state index contributed by atoms with van der Waals surface area (Å²) in [5.41, 5.74) is 7.91. The standard InChI is InChI=1S/C21H20N4O2S/c1-13-5-7-16(14(2)9-13)24-25-17(11-22)21-23-18(12-28-21)15-6-8-19(26-3)20(10-15)27-4/h5-10,12,24H,1-4H3/b25-17-. The first-order valence-corrected chi connectivity index (χ1v) is 9.43. The lowest BCUT2D eigenvalue weighted by Gasteiger charge is -2.08. The maximum Gasteiger partial charge on any atom is 0.196 e. The van der Waals surface area contributed by atoms with E-state index in [9.17, 15) is 5.26 Å². The van der Waals surface area contributed by atoms with Crippen LogP contribution in [0.4, 0.5) is 5.69 Å². The number of hydrogen-bond donors (Lipinski definition) is 1. The molecule has 6 nitrogen and oxygen atoms in total. The van der Waals surface area contributed by atoms with Gasteiger partial charge in [0.1, 0.15) is 6.07 Å². The molecule has 3 aromatic rings. The number of hydrogen-bond acceptors (Lipinski definition) is 7. The van der Waals surface area contributed by atoms with Crippen molar-refractivity contribution in [2.75, 3.05) is 19.6 Å². The Morgan fingerprint density at radius 2 is 1.89 bits per heavy atom. The summed E-state index contributed by atoms with van der Waals surface area (Å²) in [6.45, 7) is 4.03. The predicted octanol–water partition coefficient (Wildman–Crippen LogP) is 4.78. The van der Waals surface area contributed by atoms with Crippen molar-refractivity contribution in [1.29, 1.82) is 5.26 Å². The fraction of sp³-hybridized carbons (Fsp3) is 0.190. The summed E-state index contributed by atoms with van der Waals surface area (Å²) >= 11 is 1.37. The molecule has 0 aliphatic heterocycles. The van der Waals surface area contributed by atoms with Gasteiger partial charge in [0.05, 0.1) is 25.6 Å². The van der Waals surface area contributed by atoms with E-state index in [4.69, 9.17) is 9.47 Å². The van der Waals surface area contributed by atoms with Gasteiger partial charge in [0.15, 0.2) is 22.2 Å². The van der Waals surface area contributed by atoms with Gasteiger partial charge in [-0.2, -0.15) is 10.4 Å². The van der Waals surface area contributed by atoms with Gasteiger partial charge in [-0.1, -0.05) is 17.7 Å². The average Bonchev–Trinajstić information content (AvgIpc) is 3.19. The molecule has 0 unspecified atom stereocenters. The normalized spacial score (nSPS) is 11.0. The molecule has 0 bridgehead atoms. The van der Waals surface area contributed by atoms with Gasteiger partial charge in [-0.25, -0.2) is 4.98 Å². The van der Waals surface area contributed by atoms with Crippen LogP contribution in [-0.2, 0) is 0 Å². The summed E-state index contributed by atoms with van der Waals surface area (Å²) in [4.78, 5) is 4.56. The van der Waals surface area contributed by atoms with Crippen LogP contribution < -0.4 is 14.9 Å². The molecule has 2 aromatic carbocycles. The third-order valence-electron chi connectivity index (χ3n) is 4.16. The maximum atomic E-state index is 9.51. The summed E-state index contributed by atoms with van der Waals surface area (Å²) in [6.07, 6.45) is 0. The summed E-state index contributed by atoms with van der Waals surface area (Å²) in [7, 11) is 3.18. The number of rotatable bonds is 6. The Labute approximate surface area is 168 Å². The highest BCUT2D eigenvalue weighted by Crippen LogP contribution is 2.32. The zero-order chi connectivity index (χ0) is 20.1. The molecule has 1 heterocycles. The molecule has 0 aliphatic carbocycles. The number of nitriles is 1. The lowest BCUT2D eigenvalue weighted by molar-refractivity contribution is 0.355. The number of nitrogens with zero attached hydrogens (tertiary/aromatic N) is 3. The largest absolute Gasteiger partial charge is 0.493 e. The second kappa shape index (κ2) is 8.55. The molecule has 142 valence electrons. The van der Waals surface area contributed by atoms with Crippen LogP contribution in [0.2, 0.25) is 0 Å². The van der Waals surface area contributed by atoms with Crippen molar-refractivity contribution in [3.8, 4) is 28.8 Å². The monoisotopic (exact) mass is 392 g/mol. The first-order valence-electron chi connectivity index (χ1n) is 8.55. The van der Waals surface area contributed by atoms with Gasteiger partial charge in [0.25, 0.3) is 0 Å². The van der Waals surface area contributed by atoms with Crippen molar-refractivity contribution < 1.29 is 9.47 Å². The Kier molecular flexibility index (Phi) is 5.92. The summed E-state index contributed by atoms with van der Waals surface area (Å²) < 4.78 is 10.6. The number of nitrogens with one attached hydrogen (secondary N) is 1. The van der Waals surface area contributed by atoms with E-state index in [1.165, 1.54) is 16.9 Å². The Morgan fingerprint density at radius 1 is 1.11 bits per heavy atom. The van der Waals surface area contributed by atoms with Crippen molar-refractivity contribution in [2.45, 2.75) is 13.8 Å². The van der Waals surface area contributed by atoms with Crippen LogP contribution in [0.3, 0.4) is 0 Å². The van der Waals surface area contributed by atoms with Crippen LogP contribution in [0.25, 0.3) is 11.3 Å². The number of ether oxygens (including phenoxy) is 2. The number of thiazole rings is 1. The number of aryl methyl sites for hydroxylation is 2. The maximum absolute atomic E-state index is 9.51. The van der Waals surface area contributed by atoms with E-state index in [1.54, 1.807) is 14.2 Å². The van der Waals surface area contributed by atoms with Crippen LogP contribution >= 0.6 is 11.3 Å². The molecule has 7 heteroatoms. The molecule has 3 rings (SSSR count). The Morgan fingerprint density at radius 3 is 2.57 bits per heavy atom. The zero-order valence-corrected chi connectivity index (χ0v) is 16.9. The molecule has 1 N–H and O–H groups in total. The third kappa shape index (κ3) is 4.13. The minimum absolute atomic E-state index is 0.233. The van der Waals surface area contributed by atoms with E-state index >= 15 is 0 Å². The SMILES string of the molecule is COc1ccc(-c2csc(/C(C#N)=N\Nc3ccc(C)cc3C)n2)cc1OC. The predicted molar refractivity (Wildman–Crippen MR) is 112 cm³/mol. The summed E-state index contributed by atoms with van der Waals surface area (Å²) in [5.74, 6) is 1.28. The topological polar surface area (TPSA) is 79.5 Å². The summed E-state index contributed by atoms with van der Waals surface area (Å²) in [6, 6.07) is 13.7. The number of anilines is 1. The van der Waals surface area contributed by atoms with Crippen LogP contribution in [-0.4, -0.2) is 24.9 Å². The molecule has 0 saturated carbocycles. The number of methoxy groups -OCH3 is 2. The van der Waals surface area contributed by atoms with Crippen molar-refractivity contribution in [3.63, 3.8) is 0 Å². The lowest BCUT2D eigenvalue weighted by Crippen LogP contribution is -2.02. The molecule has 28 heavy (non-hydrogen) atoms. The first-order chi connectivity index (χ1) is 13.5. The van der Waals surface area contributed by atoms with Crippen LogP contribution in [0.15, 0.2) is 46.9 Å². The van der Waals surface area contributed by atoms with E-state index in [0.29, 0.717) is 16.5 Å². The molecule has 0 aliphatic rings. The lowest BCUT2D eigenvalue weighted by atomic mass is 10.1. The van der Waals surface area contributed by atoms with E-state index < -0.39 is 0 Å². The van der Waals surface area contributed by atoms with Gasteiger partial charge in [-0.15, -0.1) is 11.3 Å². The number of aromatic nitrogens is 1. The molecule has 0 saturated heterocycles. The second-order valence-corrected chi connectivity index (χ2v) is 6.97. The smallest absolute Gasteiger partial charge is 0.196 e. The van der Waals surface area contributed by atoms with Crippen LogP contribution in [0.1, 0.15) is 16.1 Å². The van der Waals surface area contributed by atoms with Crippen LogP contribution in [0, 0.1) is 25.2 Å². The third-order valence-corrected chi connectivity index (χ3v) is 5.01. The molecule has 0 amide bonds. The fourth-order valence-corrected chi connectivity index (χ4v) is 3.45. The van der Waals surface area contributed by atoms with Gasteiger partial charge in [0, 0.05) is 10.9 Å². The van der Waals surface area contributed by atoms with E-state index in [2.05, 4.69) is 27.6 Å². The van der Waals surface area contributed by atoms with Crippen LogP contribution in [0.5, 0.6) is 11.5 Å². The highest BCUT2D eigenvalue weighted by Gasteiger charge is 2.13. The van der Waals surface area contributed by atoms with Crippen molar-refractivity contribution in [2.24, 2.45) is 5.10 Å². The molecular formula is C21H20N4O2S. The molecule has 0 fully saturated rings. The molecule has 0 radical (unpaired) electrons. The minimum atomic E-state index is 0.233. The number of benzene rings is 2. The molecule has 0 spiro atoms. The zero-order valence-electron chi connectivity index (χ0n) is 16.1. The molecule has 1 aromatic heterocycles. The Bertz CT molecular complexity index is 1070. The molecular weight excluding hydrogens is 372 g/mol. The average molecular weight is 392 g/mol. The van der Waals surface area contributed by atoms with E-state index in [-0.39, 0.29) is 5.71 Å². The van der Waals surface area contributed by atoms with Gasteiger partial charge >= 0.3 is 0 Å². The van der Waals surface area contributed by atoms with Gasteiger partial charge < -0.3 is 9.47 Å². The minimum Gasteiger partial charge on any atom is -0.493 e. The fourth-order valence-electron chi connectivity index (χ4n) is 2.69. The highest BCUT2D eigenvalue weighted by atomic mass is 32.1. The second-order valence-electron chi connectivity index (χ2n) is 6.11. The molecule has 0 atom stereocenters. The van der Waals surface area contributed by atoms with Gasteiger partial charge in [-0.3, -0.25) is 5.43 Å². The quantitative estimate of drug-likeness (QED) is 0.482. The first kappa shape index (κ1) is 19.4. The van der Waals surface area contributed by atoms with Crippen molar-refractivity contribution in [3.05, 3.63) is 57.9 Å². The van der Waals surface area contributed by atoms with Gasteiger partial charge in [-0.05, 0) is 43.7 Å². The van der Waals surface area contributed by atoms with Gasteiger partial charge in [0.2, 0.25) is 0 Å². The number of hydrazone groups is 1. The van der Waals surface area contributed by atoms with Crippen molar-refractivity contribution in [1.82, 2.24) is 4.98 Å². The highest BCUT2D eigenvalue weighted by molar-refractivity contribution is 7.12. The van der Waals surface area contributed by atoms with E-state index in [1.807, 2.05) is 49.6 Å². The Hall–Kier alpha value is -3.37. The van der Waals surface area contributed by atoms with E-state index in [0.717, 1.165) is 22.5 Å². The van der Waals surface area contributed by atoms with Crippen molar-refractivity contribution >= 4 is 22.7 Å².